The summed E-state index contributed by atoms with van der Waals surface area (Å²) in [7, 11) is 0. The van der Waals surface area contributed by atoms with E-state index in [0.717, 1.165) is 0 Å². The zero-order valence-electron chi connectivity index (χ0n) is 2.26. The normalized spacial score (nSPS) is 1.50. The SMILES string of the molecule is I.I.[CH3][Bi]. The van der Waals surface area contributed by atoms with Crippen molar-refractivity contribution in [2.45, 2.75) is 4.63 Å². The average Bonchev–Trinajstić information content (AvgIpc) is 1.00. The van der Waals surface area contributed by atoms with E-state index in [1.807, 2.05) is 0 Å². The summed E-state index contributed by atoms with van der Waals surface area (Å²) in [5.41, 5.74) is 0. The summed E-state index contributed by atoms with van der Waals surface area (Å²) in [6.45, 7) is 0. The summed E-state index contributed by atoms with van der Waals surface area (Å²) in [6.07, 6.45) is 0. The Morgan fingerprint density at radius 1 is 1.00 bits per heavy atom. The third kappa shape index (κ3) is 8.84. The van der Waals surface area contributed by atoms with Gasteiger partial charge in [-0.25, -0.2) is 0 Å². The summed E-state index contributed by atoms with van der Waals surface area (Å²) in [6, 6.07) is 0. The van der Waals surface area contributed by atoms with Gasteiger partial charge in [-0.15, -0.1) is 48.0 Å². The Kier molecular flexibility index (Phi) is 74.4. The molecule has 3 heteroatoms. The van der Waals surface area contributed by atoms with E-state index in [4.69, 9.17) is 0 Å². The van der Waals surface area contributed by atoms with Gasteiger partial charge in [0, 0.05) is 0 Å². The number of hydrogen-bond donors (Lipinski definition) is 0. The van der Waals surface area contributed by atoms with Crippen molar-refractivity contribution < 1.29 is 0 Å². The van der Waals surface area contributed by atoms with Crippen LogP contribution >= 0.6 is 48.0 Å². The van der Waals surface area contributed by atoms with E-state index in [0.29, 0.717) is 0 Å². The van der Waals surface area contributed by atoms with Gasteiger partial charge in [0.1, 0.15) is 0 Å². The summed E-state index contributed by atoms with van der Waals surface area (Å²) in [4.78, 5) is 0. The molecule has 0 aliphatic rings. The first kappa shape index (κ1) is 16.2. The molecule has 0 aromatic carbocycles. The van der Waals surface area contributed by atoms with Crippen molar-refractivity contribution in [3.8, 4) is 0 Å². The fourth-order valence-electron chi connectivity index (χ4n) is 0. The Bertz CT molecular complexity index is 6.00. The predicted molar refractivity (Wildman–Crippen MR) is 42.4 cm³/mol. The van der Waals surface area contributed by atoms with Crippen LogP contribution in [0.1, 0.15) is 0 Å². The minimum atomic E-state index is 0. The molecule has 0 unspecified atom stereocenters. The fourth-order valence-corrected chi connectivity index (χ4v) is 0. The van der Waals surface area contributed by atoms with Gasteiger partial charge in [0.2, 0.25) is 0 Å². The van der Waals surface area contributed by atoms with Crippen LogP contribution in [-0.2, 0) is 0 Å². The van der Waals surface area contributed by atoms with E-state index in [9.17, 15) is 0 Å². The van der Waals surface area contributed by atoms with E-state index in [-0.39, 0.29) is 48.0 Å². The summed E-state index contributed by atoms with van der Waals surface area (Å²) in [5.74, 6) is 0. The van der Waals surface area contributed by atoms with Crippen LogP contribution in [0.15, 0.2) is 0 Å². The van der Waals surface area contributed by atoms with Crippen molar-refractivity contribution in [1.29, 1.82) is 0 Å². The van der Waals surface area contributed by atoms with Crippen LogP contribution < -0.4 is 0 Å². The molecule has 28 valence electrons. The van der Waals surface area contributed by atoms with Crippen LogP contribution in [0.25, 0.3) is 0 Å². The molecule has 0 heterocycles. The van der Waals surface area contributed by atoms with Crippen LogP contribution in [-0.4, -0.2) is 24.7 Å². The second-order valence-corrected chi connectivity index (χ2v) is 0. The molecule has 0 bridgehead atoms. The topological polar surface area (TPSA) is 0 Å². The Labute approximate surface area is 76.0 Å². The molecule has 0 nitrogen and oxygen atoms in total. The second-order valence-electron chi connectivity index (χ2n) is 0. The van der Waals surface area contributed by atoms with Gasteiger partial charge in [0.15, 0.2) is 0 Å². The van der Waals surface area contributed by atoms with Crippen LogP contribution in [0.4, 0.5) is 0 Å². The first-order valence-corrected chi connectivity index (χ1v) is 3.92. The van der Waals surface area contributed by atoms with Crippen molar-refractivity contribution >= 4 is 72.7 Å². The Hall–Kier alpha value is 2.34. The van der Waals surface area contributed by atoms with Crippen LogP contribution in [0, 0.1) is 0 Å². The molecule has 0 aromatic heterocycles. The first-order chi connectivity index (χ1) is 1.00. The predicted octanol–water partition coefficient (Wildman–Crippen LogP) is 1.44. The Balaban J connectivity index is -0.00000000500. The summed E-state index contributed by atoms with van der Waals surface area (Å²) >= 11 is 1.44. The molecule has 0 saturated carbocycles. The van der Waals surface area contributed by atoms with E-state index < -0.39 is 0 Å². The maximum absolute atomic E-state index is 2.11. The number of hydrogen-bond acceptors (Lipinski definition) is 0. The maximum atomic E-state index is 2.11. The van der Waals surface area contributed by atoms with Crippen LogP contribution in [0.2, 0.25) is 4.63 Å². The van der Waals surface area contributed by atoms with Gasteiger partial charge < -0.3 is 0 Å². The van der Waals surface area contributed by atoms with Crippen molar-refractivity contribution in [2.24, 2.45) is 0 Å². The summed E-state index contributed by atoms with van der Waals surface area (Å²) < 4.78 is 2.11. The third-order valence-corrected chi connectivity index (χ3v) is 0. The molecule has 0 N–H and O–H groups in total. The molecular formula is CH5BiI2. The van der Waals surface area contributed by atoms with Crippen molar-refractivity contribution in [3.63, 3.8) is 0 Å². The molecule has 0 amide bonds. The molecule has 0 aliphatic heterocycles. The molecule has 4 heavy (non-hydrogen) atoms. The molecule has 0 rings (SSSR count). The third-order valence-electron chi connectivity index (χ3n) is 0. The molecule has 0 spiro atoms. The Morgan fingerprint density at radius 3 is 1.00 bits per heavy atom. The minimum absolute atomic E-state index is 0. The molecule has 0 fully saturated rings. The zero-order chi connectivity index (χ0) is 2.00. The molecule has 0 aromatic rings. The van der Waals surface area contributed by atoms with Gasteiger partial charge in [0.25, 0.3) is 0 Å². The molecule has 0 saturated heterocycles. The number of rotatable bonds is 0. The Morgan fingerprint density at radius 2 is 1.00 bits per heavy atom. The van der Waals surface area contributed by atoms with Gasteiger partial charge in [-0.2, -0.15) is 0 Å². The average molecular weight is 480 g/mol. The van der Waals surface area contributed by atoms with E-state index >= 15 is 0 Å². The molecule has 2 radical (unpaired) electrons. The molecular weight excluding hydrogens is 475 g/mol. The first-order valence-electron chi connectivity index (χ1n) is 0.447. The number of halogens is 2. The van der Waals surface area contributed by atoms with E-state index in [2.05, 4.69) is 4.63 Å². The van der Waals surface area contributed by atoms with Crippen LogP contribution in [0.3, 0.4) is 0 Å². The van der Waals surface area contributed by atoms with Gasteiger partial charge in [0.05, 0.1) is 0 Å². The van der Waals surface area contributed by atoms with Crippen molar-refractivity contribution in [2.75, 3.05) is 0 Å². The van der Waals surface area contributed by atoms with E-state index in [1.54, 1.807) is 0 Å². The summed E-state index contributed by atoms with van der Waals surface area (Å²) in [5, 5.41) is 0. The van der Waals surface area contributed by atoms with E-state index in [1.165, 1.54) is 24.7 Å². The molecule has 0 atom stereocenters. The van der Waals surface area contributed by atoms with Gasteiger partial charge in [-0.3, -0.25) is 0 Å². The van der Waals surface area contributed by atoms with Crippen molar-refractivity contribution in [3.05, 3.63) is 0 Å². The standard InChI is InChI=1S/CH3.Bi.2HI/h1H3;;2*1H. The molecule has 0 aliphatic carbocycles. The monoisotopic (exact) mass is 480 g/mol. The van der Waals surface area contributed by atoms with Gasteiger partial charge in [-0.1, -0.05) is 0 Å². The quantitative estimate of drug-likeness (QED) is 0.364. The van der Waals surface area contributed by atoms with Crippen molar-refractivity contribution in [1.82, 2.24) is 0 Å². The van der Waals surface area contributed by atoms with Crippen LogP contribution in [0.5, 0.6) is 0 Å². The zero-order valence-corrected chi connectivity index (χ0v) is 10.4. The van der Waals surface area contributed by atoms with Gasteiger partial charge >= 0.3 is 29.4 Å². The second kappa shape index (κ2) is 18.4. The fraction of sp³-hybridized carbons (Fsp3) is 1.00. The van der Waals surface area contributed by atoms with Gasteiger partial charge in [-0.05, 0) is 0 Å².